The monoisotopic (exact) mass is 292 g/mol. The number of hydrogen-bond acceptors (Lipinski definition) is 3. The molecule has 0 unspecified atom stereocenters. The lowest BCUT2D eigenvalue weighted by atomic mass is 10.1. The number of rotatable bonds is 8. The van der Waals surface area contributed by atoms with Crippen molar-refractivity contribution in [3.63, 3.8) is 0 Å². The molecule has 5 heteroatoms. The number of aliphatic carboxylic acids is 1. The smallest absolute Gasteiger partial charge is 0.305 e. The fourth-order valence-corrected chi connectivity index (χ4v) is 1.98. The molecule has 1 aromatic rings. The van der Waals surface area contributed by atoms with E-state index in [0.29, 0.717) is 6.42 Å². The van der Waals surface area contributed by atoms with E-state index in [-0.39, 0.29) is 18.9 Å². The van der Waals surface area contributed by atoms with E-state index in [1.807, 2.05) is 19.0 Å². The Balaban J connectivity index is 2.32. The molecule has 0 radical (unpaired) electrons. The number of carbonyl (C=O) groups excluding carboxylic acids is 1. The van der Waals surface area contributed by atoms with Crippen LogP contribution in [0.4, 0.5) is 5.69 Å². The Hall–Kier alpha value is -2.04. The largest absolute Gasteiger partial charge is 0.481 e. The summed E-state index contributed by atoms with van der Waals surface area (Å²) in [4.78, 5) is 25.8. The highest BCUT2D eigenvalue weighted by Gasteiger charge is 2.09. The van der Waals surface area contributed by atoms with Crippen molar-refractivity contribution >= 4 is 17.6 Å². The molecule has 0 fully saturated rings. The van der Waals surface area contributed by atoms with Crippen LogP contribution in [0.25, 0.3) is 0 Å². The first-order valence-corrected chi connectivity index (χ1v) is 7.12. The lowest BCUT2D eigenvalue weighted by molar-refractivity contribution is -0.138. The van der Waals surface area contributed by atoms with Crippen LogP contribution in [0.3, 0.4) is 0 Å². The van der Waals surface area contributed by atoms with E-state index >= 15 is 0 Å². The van der Waals surface area contributed by atoms with Crippen LogP contribution in [0.5, 0.6) is 0 Å². The zero-order valence-corrected chi connectivity index (χ0v) is 13.0. The van der Waals surface area contributed by atoms with Crippen molar-refractivity contribution in [2.75, 3.05) is 32.6 Å². The van der Waals surface area contributed by atoms with Gasteiger partial charge in [0, 0.05) is 39.8 Å². The third-order valence-corrected chi connectivity index (χ3v) is 3.40. The molecule has 0 heterocycles. The number of amides is 1. The first kappa shape index (κ1) is 17.0. The fraction of sp³-hybridized carbons (Fsp3) is 0.500. The first-order chi connectivity index (χ1) is 9.90. The average Bonchev–Trinajstić information content (AvgIpc) is 2.45. The van der Waals surface area contributed by atoms with Gasteiger partial charge in [0.1, 0.15) is 0 Å². The molecular formula is C16H24N2O3. The second-order valence-corrected chi connectivity index (χ2v) is 5.37. The van der Waals surface area contributed by atoms with Crippen LogP contribution in [0, 0.1) is 0 Å². The van der Waals surface area contributed by atoms with Crippen molar-refractivity contribution < 1.29 is 14.7 Å². The van der Waals surface area contributed by atoms with E-state index < -0.39 is 5.97 Å². The van der Waals surface area contributed by atoms with Crippen molar-refractivity contribution in [3.05, 3.63) is 29.8 Å². The third-order valence-electron chi connectivity index (χ3n) is 3.40. The van der Waals surface area contributed by atoms with E-state index in [9.17, 15) is 9.59 Å². The highest BCUT2D eigenvalue weighted by molar-refractivity contribution is 5.76. The van der Waals surface area contributed by atoms with Gasteiger partial charge in [-0.3, -0.25) is 9.59 Å². The van der Waals surface area contributed by atoms with Crippen LogP contribution >= 0.6 is 0 Å². The zero-order valence-electron chi connectivity index (χ0n) is 13.0. The van der Waals surface area contributed by atoms with Crippen LogP contribution in [-0.4, -0.2) is 49.6 Å². The standard InChI is InChI=1S/C16H24N2O3/c1-17(2)14-9-7-13(8-10-14)5-4-6-15(19)18(3)12-11-16(20)21/h7-10H,4-6,11-12H2,1-3H3,(H,20,21). The van der Waals surface area contributed by atoms with Gasteiger partial charge in [0.05, 0.1) is 6.42 Å². The molecule has 0 spiro atoms. The van der Waals surface area contributed by atoms with Gasteiger partial charge in [-0.25, -0.2) is 0 Å². The maximum atomic E-state index is 11.8. The Bertz CT molecular complexity index is 469. The molecule has 0 atom stereocenters. The summed E-state index contributed by atoms with van der Waals surface area (Å²) >= 11 is 0. The van der Waals surface area contributed by atoms with E-state index in [4.69, 9.17) is 5.11 Å². The molecule has 0 bridgehead atoms. The quantitative estimate of drug-likeness (QED) is 0.796. The summed E-state index contributed by atoms with van der Waals surface area (Å²) in [5.74, 6) is -0.878. The van der Waals surface area contributed by atoms with Crippen molar-refractivity contribution in [1.82, 2.24) is 4.90 Å². The van der Waals surface area contributed by atoms with Crippen LogP contribution in [0.15, 0.2) is 24.3 Å². The molecule has 1 amide bonds. The molecule has 1 aromatic carbocycles. The molecule has 1 N–H and O–H groups in total. The van der Waals surface area contributed by atoms with Gasteiger partial charge in [0.15, 0.2) is 0 Å². The summed E-state index contributed by atoms with van der Waals surface area (Å²) in [5, 5.41) is 8.59. The molecule has 116 valence electrons. The summed E-state index contributed by atoms with van der Waals surface area (Å²) in [6.45, 7) is 0.270. The molecule has 1 rings (SSSR count). The maximum Gasteiger partial charge on any atom is 0.305 e. The van der Waals surface area contributed by atoms with Crippen molar-refractivity contribution in [2.24, 2.45) is 0 Å². The molecule has 21 heavy (non-hydrogen) atoms. The summed E-state index contributed by atoms with van der Waals surface area (Å²) in [6, 6.07) is 8.29. The average molecular weight is 292 g/mol. The fourth-order valence-electron chi connectivity index (χ4n) is 1.98. The lowest BCUT2D eigenvalue weighted by Crippen LogP contribution is -2.28. The second-order valence-electron chi connectivity index (χ2n) is 5.37. The molecule has 0 aliphatic carbocycles. The minimum atomic E-state index is -0.879. The van der Waals surface area contributed by atoms with E-state index in [1.165, 1.54) is 10.5 Å². The number of aryl methyl sites for hydroxylation is 1. The number of nitrogens with zero attached hydrogens (tertiary/aromatic N) is 2. The van der Waals surface area contributed by atoms with Crippen LogP contribution < -0.4 is 4.90 Å². The van der Waals surface area contributed by atoms with Crippen molar-refractivity contribution in [2.45, 2.75) is 25.7 Å². The zero-order chi connectivity index (χ0) is 15.8. The summed E-state index contributed by atoms with van der Waals surface area (Å²) in [5.41, 5.74) is 2.37. The number of anilines is 1. The van der Waals surface area contributed by atoms with Gasteiger partial charge in [-0.1, -0.05) is 12.1 Å². The van der Waals surface area contributed by atoms with Gasteiger partial charge < -0.3 is 14.9 Å². The predicted molar refractivity (Wildman–Crippen MR) is 83.6 cm³/mol. The van der Waals surface area contributed by atoms with Gasteiger partial charge in [0.2, 0.25) is 5.91 Å². The first-order valence-electron chi connectivity index (χ1n) is 7.12. The van der Waals surface area contributed by atoms with E-state index in [1.54, 1.807) is 7.05 Å². The Morgan fingerprint density at radius 1 is 1.05 bits per heavy atom. The molecular weight excluding hydrogens is 268 g/mol. The molecule has 5 nitrogen and oxygen atoms in total. The lowest BCUT2D eigenvalue weighted by Gasteiger charge is -2.16. The van der Waals surface area contributed by atoms with Gasteiger partial charge in [-0.15, -0.1) is 0 Å². The Labute approximate surface area is 126 Å². The minimum Gasteiger partial charge on any atom is -0.481 e. The number of carbonyl (C=O) groups is 2. The van der Waals surface area contributed by atoms with Crippen LogP contribution in [0.2, 0.25) is 0 Å². The highest BCUT2D eigenvalue weighted by Crippen LogP contribution is 2.14. The van der Waals surface area contributed by atoms with Crippen molar-refractivity contribution in [3.8, 4) is 0 Å². The summed E-state index contributed by atoms with van der Waals surface area (Å²) in [6.07, 6.45) is 2.07. The van der Waals surface area contributed by atoms with E-state index in [0.717, 1.165) is 18.5 Å². The number of carboxylic acid groups (broad SMARTS) is 1. The number of hydrogen-bond donors (Lipinski definition) is 1. The van der Waals surface area contributed by atoms with Crippen LogP contribution in [-0.2, 0) is 16.0 Å². The predicted octanol–water partition coefficient (Wildman–Crippen LogP) is 2.01. The topological polar surface area (TPSA) is 60.9 Å². The van der Waals surface area contributed by atoms with Crippen LogP contribution in [0.1, 0.15) is 24.8 Å². The summed E-state index contributed by atoms with van der Waals surface area (Å²) in [7, 11) is 5.65. The summed E-state index contributed by atoms with van der Waals surface area (Å²) < 4.78 is 0. The van der Waals surface area contributed by atoms with Gasteiger partial charge in [-0.05, 0) is 30.5 Å². The Kier molecular flexibility index (Phi) is 6.72. The van der Waals surface area contributed by atoms with E-state index in [2.05, 4.69) is 24.3 Å². The van der Waals surface area contributed by atoms with Gasteiger partial charge >= 0.3 is 5.97 Å². The number of carboxylic acids is 1. The Morgan fingerprint density at radius 3 is 2.19 bits per heavy atom. The molecule has 0 aliphatic heterocycles. The third kappa shape index (κ3) is 6.29. The SMILES string of the molecule is CN(CCC(=O)O)C(=O)CCCc1ccc(N(C)C)cc1. The molecule has 0 aliphatic rings. The second kappa shape index (κ2) is 8.29. The highest BCUT2D eigenvalue weighted by atomic mass is 16.4. The molecule has 0 saturated carbocycles. The maximum absolute atomic E-state index is 11.8. The van der Waals surface area contributed by atoms with Gasteiger partial charge in [-0.2, -0.15) is 0 Å². The van der Waals surface area contributed by atoms with Crippen molar-refractivity contribution in [1.29, 1.82) is 0 Å². The molecule has 0 aromatic heterocycles. The minimum absolute atomic E-state index is 0.00108. The normalized spacial score (nSPS) is 10.2. The Morgan fingerprint density at radius 2 is 1.67 bits per heavy atom. The molecule has 0 saturated heterocycles. The number of benzene rings is 1. The van der Waals surface area contributed by atoms with Gasteiger partial charge in [0.25, 0.3) is 0 Å².